The number of aryl methyl sites for hydroxylation is 2. The molecule has 0 saturated heterocycles. The fourth-order valence-electron chi connectivity index (χ4n) is 1.78. The molecule has 112 valence electrons. The third-order valence-electron chi connectivity index (χ3n) is 2.92. The van der Waals surface area contributed by atoms with Gasteiger partial charge in [-0.25, -0.2) is 4.98 Å². The lowest BCUT2D eigenvalue weighted by atomic mass is 10.1. The summed E-state index contributed by atoms with van der Waals surface area (Å²) in [5.41, 5.74) is 6.48. The summed E-state index contributed by atoms with van der Waals surface area (Å²) in [7, 11) is 0. The molecule has 21 heavy (non-hydrogen) atoms. The summed E-state index contributed by atoms with van der Waals surface area (Å²) in [4.78, 5) is 3.64. The van der Waals surface area contributed by atoms with E-state index in [9.17, 15) is 13.2 Å². The number of nitrogens with two attached hydrogens (primary N) is 1. The first kappa shape index (κ1) is 15.4. The number of ether oxygens (including phenoxy) is 1. The molecular formula is C14H12ClF3N2O. The van der Waals surface area contributed by atoms with E-state index in [4.69, 9.17) is 22.1 Å². The Hall–Kier alpha value is -1.95. The first-order valence-electron chi connectivity index (χ1n) is 5.96. The van der Waals surface area contributed by atoms with Gasteiger partial charge in [0.1, 0.15) is 11.3 Å². The number of halogens is 4. The van der Waals surface area contributed by atoms with Crippen LogP contribution in [0.25, 0.3) is 0 Å². The summed E-state index contributed by atoms with van der Waals surface area (Å²) >= 11 is 5.62. The molecule has 0 radical (unpaired) electrons. The van der Waals surface area contributed by atoms with Gasteiger partial charge in [-0.05, 0) is 43.2 Å². The zero-order chi connectivity index (χ0) is 15.8. The molecule has 0 aliphatic carbocycles. The fourth-order valence-corrected chi connectivity index (χ4v) is 2.02. The Kier molecular flexibility index (Phi) is 4.00. The molecule has 1 aromatic heterocycles. The average molecular weight is 317 g/mol. The Morgan fingerprint density at radius 2 is 1.86 bits per heavy atom. The van der Waals surface area contributed by atoms with Crippen LogP contribution in [0.3, 0.4) is 0 Å². The highest BCUT2D eigenvalue weighted by molar-refractivity contribution is 6.31. The van der Waals surface area contributed by atoms with Crippen LogP contribution < -0.4 is 10.5 Å². The lowest BCUT2D eigenvalue weighted by Gasteiger charge is -2.15. The second-order valence-corrected chi connectivity index (χ2v) is 4.95. The van der Waals surface area contributed by atoms with E-state index in [2.05, 4.69) is 4.98 Å². The van der Waals surface area contributed by atoms with E-state index in [0.29, 0.717) is 16.8 Å². The number of anilines is 1. The molecule has 7 heteroatoms. The summed E-state index contributed by atoms with van der Waals surface area (Å²) in [6.45, 7) is 3.42. The van der Waals surface area contributed by atoms with Crippen LogP contribution in [0.4, 0.5) is 18.9 Å². The van der Waals surface area contributed by atoms with Crippen LogP contribution in [0, 0.1) is 13.8 Å². The number of hydrogen-bond acceptors (Lipinski definition) is 3. The van der Waals surface area contributed by atoms with Crippen LogP contribution in [0.15, 0.2) is 24.4 Å². The van der Waals surface area contributed by atoms with Gasteiger partial charge in [-0.1, -0.05) is 11.6 Å². The molecule has 2 N–H and O–H groups in total. The van der Waals surface area contributed by atoms with Crippen molar-refractivity contribution in [2.45, 2.75) is 20.0 Å². The molecule has 0 unspecified atom stereocenters. The number of pyridine rings is 1. The predicted molar refractivity (Wildman–Crippen MR) is 74.7 cm³/mol. The zero-order valence-electron chi connectivity index (χ0n) is 11.3. The Morgan fingerprint density at radius 1 is 1.19 bits per heavy atom. The van der Waals surface area contributed by atoms with Crippen molar-refractivity contribution in [3.05, 3.63) is 46.1 Å². The summed E-state index contributed by atoms with van der Waals surface area (Å²) in [5, 5.41) is -0.461. The Labute approximate surface area is 124 Å². The number of hydrogen-bond donors (Lipinski definition) is 1. The van der Waals surface area contributed by atoms with Gasteiger partial charge in [0.05, 0.1) is 5.02 Å². The number of aromatic nitrogens is 1. The standard InChI is InChI=1S/C14H12ClF3N2O/c1-7-6-11(8(2)5-10(7)19)21-13-12(14(16,17)18)9(15)3-4-20-13/h3-6H,19H2,1-2H3. The minimum absolute atomic E-state index is 0.252. The lowest BCUT2D eigenvalue weighted by molar-refractivity contribution is -0.138. The van der Waals surface area contributed by atoms with E-state index >= 15 is 0 Å². The molecule has 1 heterocycles. The van der Waals surface area contributed by atoms with Crippen molar-refractivity contribution in [1.82, 2.24) is 4.98 Å². The third-order valence-corrected chi connectivity index (χ3v) is 3.23. The highest BCUT2D eigenvalue weighted by Crippen LogP contribution is 2.41. The number of benzene rings is 1. The van der Waals surface area contributed by atoms with Crippen molar-refractivity contribution in [3.63, 3.8) is 0 Å². The quantitative estimate of drug-likeness (QED) is 0.814. The van der Waals surface area contributed by atoms with Crippen molar-refractivity contribution in [2.24, 2.45) is 0 Å². The second-order valence-electron chi connectivity index (χ2n) is 4.55. The first-order valence-corrected chi connectivity index (χ1v) is 6.34. The van der Waals surface area contributed by atoms with Crippen LogP contribution >= 0.6 is 11.6 Å². The van der Waals surface area contributed by atoms with Gasteiger partial charge in [-0.3, -0.25) is 0 Å². The molecular weight excluding hydrogens is 305 g/mol. The van der Waals surface area contributed by atoms with E-state index in [-0.39, 0.29) is 5.75 Å². The first-order chi connectivity index (χ1) is 9.70. The highest BCUT2D eigenvalue weighted by Gasteiger charge is 2.38. The second kappa shape index (κ2) is 5.44. The summed E-state index contributed by atoms with van der Waals surface area (Å²) < 4.78 is 44.4. The van der Waals surface area contributed by atoms with Gasteiger partial charge in [0.15, 0.2) is 0 Å². The van der Waals surface area contributed by atoms with Gasteiger partial charge >= 0.3 is 6.18 Å². The van der Waals surface area contributed by atoms with E-state index < -0.39 is 22.6 Å². The number of nitrogen functional groups attached to an aromatic ring is 1. The number of alkyl halides is 3. The van der Waals surface area contributed by atoms with Crippen molar-refractivity contribution < 1.29 is 17.9 Å². The van der Waals surface area contributed by atoms with Gasteiger partial charge in [-0.2, -0.15) is 13.2 Å². The summed E-state index contributed by atoms with van der Waals surface area (Å²) in [6.07, 6.45) is -3.50. The van der Waals surface area contributed by atoms with Gasteiger partial charge in [0.2, 0.25) is 5.88 Å². The number of nitrogens with zero attached hydrogens (tertiary/aromatic N) is 1. The monoisotopic (exact) mass is 316 g/mol. The Balaban J connectivity index is 2.51. The van der Waals surface area contributed by atoms with Gasteiger partial charge < -0.3 is 10.5 Å². The number of rotatable bonds is 2. The molecule has 2 aromatic rings. The normalized spacial score (nSPS) is 11.5. The predicted octanol–water partition coefficient (Wildman–Crippen LogP) is 4.75. The Bertz CT molecular complexity index is 687. The van der Waals surface area contributed by atoms with Crippen LogP contribution in [0.2, 0.25) is 5.02 Å². The molecule has 0 fully saturated rings. The van der Waals surface area contributed by atoms with Crippen LogP contribution in [-0.4, -0.2) is 4.98 Å². The van der Waals surface area contributed by atoms with E-state index in [1.54, 1.807) is 26.0 Å². The molecule has 0 saturated carbocycles. The smallest absolute Gasteiger partial charge is 0.423 e. The third kappa shape index (κ3) is 3.21. The molecule has 0 atom stereocenters. The SMILES string of the molecule is Cc1cc(Oc2nccc(Cl)c2C(F)(F)F)c(C)cc1N. The minimum Gasteiger partial charge on any atom is -0.438 e. The molecule has 0 aliphatic rings. The van der Waals surface area contributed by atoms with Crippen molar-refractivity contribution in [3.8, 4) is 11.6 Å². The average Bonchev–Trinajstić information content (AvgIpc) is 2.34. The van der Waals surface area contributed by atoms with E-state index in [0.717, 1.165) is 12.3 Å². The molecule has 0 bridgehead atoms. The molecule has 2 rings (SSSR count). The van der Waals surface area contributed by atoms with Crippen molar-refractivity contribution in [1.29, 1.82) is 0 Å². The summed E-state index contributed by atoms with van der Waals surface area (Å²) in [6, 6.07) is 4.26. The maximum Gasteiger partial charge on any atom is 0.423 e. The molecule has 0 spiro atoms. The fraction of sp³-hybridized carbons (Fsp3) is 0.214. The molecule has 3 nitrogen and oxygen atoms in total. The molecule has 0 aliphatic heterocycles. The minimum atomic E-state index is -4.66. The van der Waals surface area contributed by atoms with Crippen molar-refractivity contribution in [2.75, 3.05) is 5.73 Å². The van der Waals surface area contributed by atoms with Gasteiger partial charge in [-0.15, -0.1) is 0 Å². The largest absolute Gasteiger partial charge is 0.438 e. The van der Waals surface area contributed by atoms with Crippen LogP contribution in [0.5, 0.6) is 11.6 Å². The van der Waals surface area contributed by atoms with E-state index in [1.807, 2.05) is 0 Å². The van der Waals surface area contributed by atoms with Crippen LogP contribution in [0.1, 0.15) is 16.7 Å². The van der Waals surface area contributed by atoms with Crippen LogP contribution in [-0.2, 0) is 6.18 Å². The maximum atomic E-state index is 13.0. The maximum absolute atomic E-state index is 13.0. The van der Waals surface area contributed by atoms with Gasteiger partial charge in [0, 0.05) is 11.9 Å². The molecule has 1 aromatic carbocycles. The Morgan fingerprint density at radius 3 is 2.48 bits per heavy atom. The lowest BCUT2D eigenvalue weighted by Crippen LogP contribution is -2.09. The zero-order valence-corrected chi connectivity index (χ0v) is 12.0. The topological polar surface area (TPSA) is 48.1 Å². The molecule has 0 amide bonds. The summed E-state index contributed by atoms with van der Waals surface area (Å²) in [5.74, 6) is -0.329. The van der Waals surface area contributed by atoms with Gasteiger partial charge in [0.25, 0.3) is 0 Å². The highest BCUT2D eigenvalue weighted by atomic mass is 35.5. The van der Waals surface area contributed by atoms with E-state index in [1.165, 1.54) is 0 Å². The van der Waals surface area contributed by atoms with Crippen molar-refractivity contribution >= 4 is 17.3 Å².